The van der Waals surface area contributed by atoms with Gasteiger partial charge in [-0.3, -0.25) is 0 Å². The van der Waals surface area contributed by atoms with Gasteiger partial charge < -0.3 is 14.4 Å². The Morgan fingerprint density at radius 1 is 1.23 bits per heavy atom. The van der Waals surface area contributed by atoms with E-state index in [1.165, 1.54) is 15.8 Å². The summed E-state index contributed by atoms with van der Waals surface area (Å²) >= 11 is 1.75. The Morgan fingerprint density at radius 2 is 2.09 bits per heavy atom. The van der Waals surface area contributed by atoms with Crippen LogP contribution < -0.4 is 10.5 Å². The highest BCUT2D eigenvalue weighted by Crippen LogP contribution is 2.21. The Labute approximate surface area is 132 Å². The highest BCUT2D eigenvalue weighted by molar-refractivity contribution is 7.09. The van der Waals surface area contributed by atoms with E-state index in [0.717, 1.165) is 30.6 Å². The van der Waals surface area contributed by atoms with Crippen molar-refractivity contribution in [2.24, 2.45) is 0 Å². The molecular formula is C17H18NO3S+. The number of aromatic hydroxyl groups is 1. The van der Waals surface area contributed by atoms with Gasteiger partial charge in [0.15, 0.2) is 0 Å². The summed E-state index contributed by atoms with van der Waals surface area (Å²) in [5.41, 5.74) is 1.02. The highest BCUT2D eigenvalue weighted by atomic mass is 32.1. The van der Waals surface area contributed by atoms with Crippen molar-refractivity contribution in [2.75, 3.05) is 6.54 Å². The monoisotopic (exact) mass is 316 g/mol. The fourth-order valence-electron chi connectivity index (χ4n) is 2.61. The summed E-state index contributed by atoms with van der Waals surface area (Å²) in [6.45, 7) is 4.80. The fraction of sp³-hybridized carbons (Fsp3) is 0.235. The van der Waals surface area contributed by atoms with E-state index < -0.39 is 0 Å². The van der Waals surface area contributed by atoms with E-state index in [2.05, 4.69) is 24.4 Å². The van der Waals surface area contributed by atoms with E-state index in [1.807, 2.05) is 0 Å². The molecule has 0 radical (unpaired) electrons. The van der Waals surface area contributed by atoms with Crippen LogP contribution in [0.2, 0.25) is 0 Å². The number of nitrogens with one attached hydrogen (secondary N) is 1. The molecule has 1 aromatic carbocycles. The third kappa shape index (κ3) is 3.21. The molecule has 1 unspecified atom stereocenters. The number of rotatable bonds is 5. The topological polar surface area (TPSA) is 54.9 Å². The van der Waals surface area contributed by atoms with Crippen LogP contribution in [0.4, 0.5) is 0 Å². The van der Waals surface area contributed by atoms with Crippen LogP contribution in [-0.2, 0) is 13.1 Å². The number of fused-ring (bicyclic) bond motifs is 1. The lowest BCUT2D eigenvalue weighted by Gasteiger charge is -2.17. The van der Waals surface area contributed by atoms with E-state index in [4.69, 9.17) is 4.42 Å². The zero-order valence-electron chi connectivity index (χ0n) is 12.3. The second-order valence-corrected chi connectivity index (χ2v) is 6.34. The Hall–Kier alpha value is -2.11. The minimum atomic E-state index is -0.375. The van der Waals surface area contributed by atoms with Crippen molar-refractivity contribution in [2.45, 2.75) is 20.0 Å². The maximum atomic E-state index is 11.7. The number of phenols is 1. The molecule has 2 N–H and O–H groups in total. The van der Waals surface area contributed by atoms with Gasteiger partial charge in [-0.25, -0.2) is 4.79 Å². The Kier molecular flexibility index (Phi) is 4.27. The van der Waals surface area contributed by atoms with Crippen molar-refractivity contribution in [3.8, 4) is 5.75 Å². The molecule has 114 valence electrons. The second-order valence-electron chi connectivity index (χ2n) is 5.31. The van der Waals surface area contributed by atoms with Crippen LogP contribution in [-0.4, -0.2) is 11.7 Å². The Bertz CT molecular complexity index is 824. The van der Waals surface area contributed by atoms with Gasteiger partial charge in [0.2, 0.25) is 0 Å². The summed E-state index contributed by atoms with van der Waals surface area (Å²) in [4.78, 5) is 14.5. The van der Waals surface area contributed by atoms with E-state index >= 15 is 0 Å². The van der Waals surface area contributed by atoms with Crippen LogP contribution in [0.1, 0.15) is 17.4 Å². The van der Waals surface area contributed by atoms with E-state index in [0.29, 0.717) is 5.58 Å². The van der Waals surface area contributed by atoms with Crippen LogP contribution in [0, 0.1) is 0 Å². The zero-order chi connectivity index (χ0) is 15.5. The zero-order valence-corrected chi connectivity index (χ0v) is 13.2. The van der Waals surface area contributed by atoms with Crippen LogP contribution in [0.15, 0.2) is 51.0 Å². The summed E-state index contributed by atoms with van der Waals surface area (Å²) in [5.74, 6) is 0.103. The Morgan fingerprint density at radius 3 is 2.82 bits per heavy atom. The van der Waals surface area contributed by atoms with E-state index in [1.54, 1.807) is 29.5 Å². The van der Waals surface area contributed by atoms with Gasteiger partial charge in [0.1, 0.15) is 24.4 Å². The van der Waals surface area contributed by atoms with Crippen LogP contribution in [0.3, 0.4) is 0 Å². The molecular weight excluding hydrogens is 298 g/mol. The molecule has 4 nitrogen and oxygen atoms in total. The second kappa shape index (κ2) is 6.34. The van der Waals surface area contributed by atoms with E-state index in [9.17, 15) is 9.90 Å². The normalized spacial score (nSPS) is 12.6. The van der Waals surface area contributed by atoms with Gasteiger partial charge in [-0.2, -0.15) is 0 Å². The molecule has 2 heterocycles. The standard InChI is InChI=1S/C17H17NO3S/c1-2-18(11-14-4-3-7-22-14)10-12-8-17(20)21-16-9-13(19)5-6-15(12)16/h3-9,19H,2,10-11H2,1H3/p+1. The molecule has 22 heavy (non-hydrogen) atoms. The van der Waals surface area contributed by atoms with Crippen LogP contribution in [0.5, 0.6) is 5.75 Å². The van der Waals surface area contributed by atoms with Gasteiger partial charge in [0.05, 0.1) is 11.4 Å². The molecule has 3 aromatic rings. The van der Waals surface area contributed by atoms with Crippen molar-refractivity contribution in [3.05, 3.63) is 62.6 Å². The SMILES string of the molecule is CC[NH+](Cc1cccs1)Cc1cc(=O)oc2cc(O)ccc12. The lowest BCUT2D eigenvalue weighted by Crippen LogP contribution is -3.09. The smallest absolute Gasteiger partial charge is 0.336 e. The van der Waals surface area contributed by atoms with Crippen LogP contribution in [0.25, 0.3) is 11.0 Å². The van der Waals surface area contributed by atoms with Crippen molar-refractivity contribution in [1.29, 1.82) is 0 Å². The number of hydrogen-bond donors (Lipinski definition) is 2. The molecule has 0 spiro atoms. The summed E-state index contributed by atoms with van der Waals surface area (Å²) in [6.07, 6.45) is 0. The minimum Gasteiger partial charge on any atom is -0.508 e. The third-order valence-corrected chi connectivity index (χ3v) is 4.63. The molecule has 0 aliphatic rings. The first kappa shape index (κ1) is 14.8. The van der Waals surface area contributed by atoms with Gasteiger partial charge in [-0.05, 0) is 30.5 Å². The summed E-state index contributed by atoms with van der Waals surface area (Å²) < 4.78 is 5.18. The molecule has 1 atom stereocenters. The predicted octanol–water partition coefficient (Wildman–Crippen LogP) is 2.17. The number of quaternary nitrogens is 1. The molecule has 0 amide bonds. The highest BCUT2D eigenvalue weighted by Gasteiger charge is 2.14. The molecule has 0 fully saturated rings. The number of benzene rings is 1. The first-order valence-corrected chi connectivity index (χ1v) is 8.15. The maximum Gasteiger partial charge on any atom is 0.336 e. The molecule has 3 rings (SSSR count). The lowest BCUT2D eigenvalue weighted by atomic mass is 10.1. The maximum absolute atomic E-state index is 11.7. The summed E-state index contributed by atoms with van der Waals surface area (Å²) in [7, 11) is 0. The quantitative estimate of drug-likeness (QED) is 0.709. The van der Waals surface area contributed by atoms with Crippen LogP contribution >= 0.6 is 11.3 Å². The summed E-state index contributed by atoms with van der Waals surface area (Å²) in [5, 5.41) is 12.5. The first-order valence-electron chi connectivity index (χ1n) is 7.27. The molecule has 0 saturated carbocycles. The lowest BCUT2D eigenvalue weighted by molar-refractivity contribution is -0.925. The number of hydrogen-bond acceptors (Lipinski definition) is 4. The van der Waals surface area contributed by atoms with Gasteiger partial charge in [-0.15, -0.1) is 11.3 Å². The molecule has 0 aliphatic heterocycles. The van der Waals surface area contributed by atoms with Gasteiger partial charge in [-0.1, -0.05) is 6.07 Å². The predicted molar refractivity (Wildman–Crippen MR) is 87.4 cm³/mol. The average molecular weight is 316 g/mol. The summed E-state index contributed by atoms with van der Waals surface area (Å²) in [6, 6.07) is 10.7. The molecule has 0 aliphatic carbocycles. The van der Waals surface area contributed by atoms with Crippen molar-refractivity contribution < 1.29 is 14.4 Å². The van der Waals surface area contributed by atoms with Gasteiger partial charge in [0.25, 0.3) is 0 Å². The third-order valence-electron chi connectivity index (χ3n) is 3.76. The first-order chi connectivity index (χ1) is 10.7. The molecule has 0 bridgehead atoms. The van der Waals surface area contributed by atoms with Crippen molar-refractivity contribution in [1.82, 2.24) is 0 Å². The molecule has 0 saturated heterocycles. The van der Waals surface area contributed by atoms with Crippen molar-refractivity contribution in [3.63, 3.8) is 0 Å². The minimum absolute atomic E-state index is 0.103. The van der Waals surface area contributed by atoms with Crippen molar-refractivity contribution >= 4 is 22.3 Å². The van der Waals surface area contributed by atoms with E-state index in [-0.39, 0.29) is 11.4 Å². The number of thiophene rings is 1. The van der Waals surface area contributed by atoms with Gasteiger partial charge in [0, 0.05) is 23.1 Å². The average Bonchev–Trinajstić information content (AvgIpc) is 2.98. The molecule has 2 aromatic heterocycles. The molecule has 5 heteroatoms. The fourth-order valence-corrected chi connectivity index (χ4v) is 3.38. The Balaban J connectivity index is 1.93. The van der Waals surface area contributed by atoms with Gasteiger partial charge >= 0.3 is 5.63 Å². The largest absolute Gasteiger partial charge is 0.508 e. The number of phenolic OH excluding ortho intramolecular Hbond substituents is 1.